The van der Waals surface area contributed by atoms with Gasteiger partial charge in [0.25, 0.3) is 0 Å². The van der Waals surface area contributed by atoms with E-state index < -0.39 is 11.6 Å². The van der Waals surface area contributed by atoms with Gasteiger partial charge in [-0.15, -0.1) is 0 Å². The molecule has 0 aromatic heterocycles. The fraction of sp³-hybridized carbons (Fsp3) is 0.500. The average molecular weight is 625 g/mol. The molecule has 6 aliphatic rings. The standard InChI is InChI=1S/2C20H24O3/c2*1-19(22-13-7-10-16-8-3-2-4-9-16)14-18-20(23-19)12-6-5-11-17(20)15-21-18/h2*2-4,7-11,18H,5-6,12-15H2,1H3/b2*10-7+/t18-,19+,20-;18-,19-,20-/m00/s1. The van der Waals surface area contributed by atoms with E-state index in [9.17, 15) is 0 Å². The molecule has 4 aliphatic heterocycles. The van der Waals surface area contributed by atoms with Crippen molar-refractivity contribution in [1.82, 2.24) is 0 Å². The van der Waals surface area contributed by atoms with Crippen LogP contribution in [-0.2, 0) is 28.4 Å². The lowest BCUT2D eigenvalue weighted by Gasteiger charge is -2.34. The smallest absolute Gasteiger partial charge is 0.169 e. The van der Waals surface area contributed by atoms with Crippen LogP contribution in [0.2, 0.25) is 0 Å². The molecular weight excluding hydrogens is 576 g/mol. The van der Waals surface area contributed by atoms with Crippen molar-refractivity contribution < 1.29 is 28.4 Å². The molecule has 0 unspecified atom stereocenters. The zero-order chi connectivity index (χ0) is 31.5. The summed E-state index contributed by atoms with van der Waals surface area (Å²) in [6.45, 7) is 6.65. The molecule has 4 heterocycles. The summed E-state index contributed by atoms with van der Waals surface area (Å²) < 4.78 is 37.1. The lowest BCUT2D eigenvalue weighted by atomic mass is 9.81. The van der Waals surface area contributed by atoms with E-state index in [1.165, 1.54) is 35.1 Å². The van der Waals surface area contributed by atoms with Crippen LogP contribution in [0.25, 0.3) is 12.2 Å². The van der Waals surface area contributed by atoms with E-state index in [4.69, 9.17) is 28.4 Å². The van der Waals surface area contributed by atoms with Crippen molar-refractivity contribution in [3.05, 3.63) is 107 Å². The Kier molecular flexibility index (Phi) is 9.21. The van der Waals surface area contributed by atoms with Gasteiger partial charge in [0, 0.05) is 12.8 Å². The van der Waals surface area contributed by atoms with Gasteiger partial charge in [0.15, 0.2) is 11.6 Å². The topological polar surface area (TPSA) is 55.4 Å². The van der Waals surface area contributed by atoms with Crippen molar-refractivity contribution in [2.75, 3.05) is 26.4 Å². The first-order valence-electron chi connectivity index (χ1n) is 17.1. The van der Waals surface area contributed by atoms with Gasteiger partial charge < -0.3 is 28.4 Å². The third-order valence-corrected chi connectivity index (χ3v) is 10.4. The molecule has 0 saturated carbocycles. The van der Waals surface area contributed by atoms with Crippen molar-refractivity contribution >= 4 is 12.2 Å². The molecule has 2 aromatic rings. The van der Waals surface area contributed by atoms with Gasteiger partial charge >= 0.3 is 0 Å². The fourth-order valence-corrected chi connectivity index (χ4v) is 8.16. The molecule has 4 fully saturated rings. The minimum Gasteiger partial charge on any atom is -0.370 e. The van der Waals surface area contributed by atoms with Gasteiger partial charge in [0.2, 0.25) is 0 Å². The zero-order valence-electron chi connectivity index (χ0n) is 27.3. The van der Waals surface area contributed by atoms with Crippen molar-refractivity contribution in [1.29, 1.82) is 0 Å². The third kappa shape index (κ3) is 6.49. The van der Waals surface area contributed by atoms with E-state index >= 15 is 0 Å². The molecule has 6 atom stereocenters. The highest BCUT2D eigenvalue weighted by molar-refractivity contribution is 5.49. The first-order valence-corrected chi connectivity index (χ1v) is 17.1. The van der Waals surface area contributed by atoms with Crippen LogP contribution in [0, 0.1) is 0 Å². The van der Waals surface area contributed by atoms with Gasteiger partial charge in [-0.3, -0.25) is 0 Å². The molecule has 2 aliphatic carbocycles. The SMILES string of the molecule is C[C@@]1(OC/C=C/c2ccccc2)C[C@@H]2OCC3=CCCC[C@]32O1.C[C@]1(OC/C=C/c2ccccc2)C[C@@H]2OCC3=CCCC[C@]32O1. The Balaban J connectivity index is 0.000000147. The number of allylic oxidation sites excluding steroid dienone is 2. The number of hydrogen-bond donors (Lipinski definition) is 0. The van der Waals surface area contributed by atoms with Gasteiger partial charge in [-0.1, -0.05) is 97.1 Å². The van der Waals surface area contributed by atoms with Crippen LogP contribution in [0.5, 0.6) is 0 Å². The highest BCUT2D eigenvalue weighted by atomic mass is 16.7. The van der Waals surface area contributed by atoms with Crippen LogP contribution >= 0.6 is 0 Å². The van der Waals surface area contributed by atoms with E-state index in [1.807, 2.05) is 62.4 Å². The first-order chi connectivity index (χ1) is 22.4. The first kappa shape index (κ1) is 31.7. The van der Waals surface area contributed by atoms with Gasteiger partial charge in [-0.05, 0) is 74.6 Å². The summed E-state index contributed by atoms with van der Waals surface area (Å²) in [6.07, 6.45) is 21.6. The highest BCUT2D eigenvalue weighted by Gasteiger charge is 2.61. The second-order valence-electron chi connectivity index (χ2n) is 13.7. The number of ether oxygens (including phenoxy) is 6. The number of benzene rings is 2. The lowest BCUT2D eigenvalue weighted by Crippen LogP contribution is -2.40. The molecule has 2 aromatic carbocycles. The molecular formula is C40H48O6. The molecule has 6 nitrogen and oxygen atoms in total. The second-order valence-corrected chi connectivity index (χ2v) is 13.7. The van der Waals surface area contributed by atoms with E-state index in [0.29, 0.717) is 13.2 Å². The maximum absolute atomic E-state index is 6.47. The van der Waals surface area contributed by atoms with Crippen molar-refractivity contribution in [3.63, 3.8) is 0 Å². The van der Waals surface area contributed by atoms with E-state index in [2.05, 4.69) is 48.6 Å². The quantitative estimate of drug-likeness (QED) is 0.276. The Morgan fingerprint density at radius 1 is 0.652 bits per heavy atom. The highest BCUT2D eigenvalue weighted by Crippen LogP contribution is 2.54. The molecule has 244 valence electrons. The molecule has 2 spiro atoms. The van der Waals surface area contributed by atoms with Crippen molar-refractivity contribution in [2.24, 2.45) is 0 Å². The van der Waals surface area contributed by atoms with E-state index in [-0.39, 0.29) is 23.4 Å². The Labute approximate surface area is 274 Å². The summed E-state index contributed by atoms with van der Waals surface area (Å²) in [4.78, 5) is 0. The van der Waals surface area contributed by atoms with E-state index in [1.54, 1.807) is 0 Å². The van der Waals surface area contributed by atoms with Crippen LogP contribution < -0.4 is 0 Å². The Morgan fingerprint density at radius 3 is 1.52 bits per heavy atom. The predicted molar refractivity (Wildman–Crippen MR) is 180 cm³/mol. The monoisotopic (exact) mass is 624 g/mol. The zero-order valence-corrected chi connectivity index (χ0v) is 27.3. The Morgan fingerprint density at radius 2 is 1.09 bits per heavy atom. The molecule has 0 radical (unpaired) electrons. The summed E-state index contributed by atoms with van der Waals surface area (Å²) in [7, 11) is 0. The normalized spacial score (nSPS) is 36.0. The molecule has 8 rings (SSSR count). The molecule has 46 heavy (non-hydrogen) atoms. The van der Waals surface area contributed by atoms with Crippen LogP contribution in [0.4, 0.5) is 0 Å². The molecule has 6 heteroatoms. The summed E-state index contributed by atoms with van der Waals surface area (Å²) in [5.74, 6) is -1.11. The molecule has 0 N–H and O–H groups in total. The van der Waals surface area contributed by atoms with Gasteiger partial charge in [-0.25, -0.2) is 0 Å². The minimum absolute atomic E-state index is 0.150. The van der Waals surface area contributed by atoms with Crippen LogP contribution in [0.3, 0.4) is 0 Å². The van der Waals surface area contributed by atoms with Crippen LogP contribution in [0.1, 0.15) is 76.3 Å². The fourth-order valence-electron chi connectivity index (χ4n) is 8.16. The summed E-state index contributed by atoms with van der Waals surface area (Å²) >= 11 is 0. The Hall–Kier alpha value is -2.84. The number of hydrogen-bond acceptors (Lipinski definition) is 6. The van der Waals surface area contributed by atoms with Crippen LogP contribution in [0.15, 0.2) is 96.1 Å². The molecule has 0 amide bonds. The van der Waals surface area contributed by atoms with Gasteiger partial charge in [0.1, 0.15) is 11.2 Å². The van der Waals surface area contributed by atoms with Crippen molar-refractivity contribution in [3.8, 4) is 0 Å². The summed E-state index contributed by atoms with van der Waals surface area (Å²) in [5.41, 5.74) is 4.61. The summed E-state index contributed by atoms with van der Waals surface area (Å²) in [6, 6.07) is 20.5. The van der Waals surface area contributed by atoms with Crippen molar-refractivity contribution in [2.45, 2.75) is 100 Å². The van der Waals surface area contributed by atoms with Gasteiger partial charge in [-0.2, -0.15) is 0 Å². The third-order valence-electron chi connectivity index (χ3n) is 10.4. The lowest BCUT2D eigenvalue weighted by molar-refractivity contribution is -0.229. The largest absolute Gasteiger partial charge is 0.370 e. The van der Waals surface area contributed by atoms with E-state index in [0.717, 1.165) is 51.7 Å². The summed E-state index contributed by atoms with van der Waals surface area (Å²) in [5, 5.41) is 0. The maximum atomic E-state index is 6.47. The Bertz CT molecular complexity index is 1350. The maximum Gasteiger partial charge on any atom is 0.169 e. The average Bonchev–Trinajstić information content (AvgIpc) is 3.76. The second kappa shape index (κ2) is 13.3. The predicted octanol–water partition coefficient (Wildman–Crippen LogP) is 8.20. The molecule has 0 bridgehead atoms. The van der Waals surface area contributed by atoms with Crippen LogP contribution in [-0.4, -0.2) is 61.4 Å². The molecule has 4 saturated heterocycles. The number of rotatable bonds is 8. The van der Waals surface area contributed by atoms with Gasteiger partial charge in [0.05, 0.1) is 38.6 Å². The minimum atomic E-state index is -0.553.